The van der Waals surface area contributed by atoms with Gasteiger partial charge in [0.15, 0.2) is 11.5 Å². The lowest BCUT2D eigenvalue weighted by Gasteiger charge is -2.24. The predicted molar refractivity (Wildman–Crippen MR) is 90.5 cm³/mol. The first-order chi connectivity index (χ1) is 11.3. The molecule has 2 aromatic carbocycles. The minimum absolute atomic E-state index is 0.0624. The van der Waals surface area contributed by atoms with Crippen LogP contribution in [0, 0.1) is 0 Å². The third kappa shape index (κ3) is 3.68. The van der Waals surface area contributed by atoms with E-state index in [4.69, 9.17) is 9.47 Å². The van der Waals surface area contributed by atoms with Crippen molar-refractivity contribution in [3.8, 4) is 17.2 Å². The molecule has 3 rings (SSSR count). The molecule has 1 aliphatic heterocycles. The van der Waals surface area contributed by atoms with Crippen molar-refractivity contribution < 1.29 is 22.7 Å². The number of ether oxygens (including phenoxy) is 2. The van der Waals surface area contributed by atoms with Crippen LogP contribution in [0.4, 0.5) is 5.69 Å². The van der Waals surface area contributed by atoms with Crippen molar-refractivity contribution in [3.63, 3.8) is 0 Å². The highest BCUT2D eigenvalue weighted by atomic mass is 32.2. The Morgan fingerprint density at radius 3 is 2.58 bits per heavy atom. The van der Waals surface area contributed by atoms with Crippen LogP contribution in [0.5, 0.6) is 17.2 Å². The number of nitrogens with one attached hydrogen (secondary N) is 1. The second kappa shape index (κ2) is 6.16. The van der Waals surface area contributed by atoms with Crippen LogP contribution in [-0.2, 0) is 10.0 Å². The molecule has 24 heavy (non-hydrogen) atoms. The largest absolute Gasteiger partial charge is 0.489 e. The Kier molecular flexibility index (Phi) is 4.19. The lowest BCUT2D eigenvalue weighted by atomic mass is 10.0. The molecule has 1 heterocycles. The van der Waals surface area contributed by atoms with Gasteiger partial charge in [-0.2, -0.15) is 0 Å². The fourth-order valence-corrected chi connectivity index (χ4v) is 3.04. The molecule has 1 unspecified atom stereocenters. The van der Waals surface area contributed by atoms with Crippen LogP contribution in [0.2, 0.25) is 0 Å². The number of carbonyl (C=O) groups is 1. The van der Waals surface area contributed by atoms with Crippen LogP contribution in [-0.4, -0.2) is 26.6 Å². The zero-order valence-corrected chi connectivity index (χ0v) is 14.1. The number of carbonyl (C=O) groups excluding carboxylic acids is 1. The van der Waals surface area contributed by atoms with Crippen molar-refractivity contribution in [3.05, 3.63) is 48.0 Å². The summed E-state index contributed by atoms with van der Waals surface area (Å²) < 4.78 is 37.1. The van der Waals surface area contributed by atoms with Gasteiger partial charge in [0, 0.05) is 12.5 Å². The standard InChI is InChI=1S/C17H17NO5S/c1-11-8-15(19)13-9-17(23-12-6-4-3-5-7-12)14(10-16(13)22-11)18-24(2,20)21/h3-7,9-11,18H,8H2,1-2H3. The number of ketones is 1. The quantitative estimate of drug-likeness (QED) is 0.918. The Labute approximate surface area is 140 Å². The summed E-state index contributed by atoms with van der Waals surface area (Å²) in [4.78, 5) is 12.2. The lowest BCUT2D eigenvalue weighted by Crippen LogP contribution is -2.24. The van der Waals surface area contributed by atoms with Crippen LogP contribution in [0.15, 0.2) is 42.5 Å². The first-order valence-electron chi connectivity index (χ1n) is 7.40. The van der Waals surface area contributed by atoms with Gasteiger partial charge < -0.3 is 9.47 Å². The number of sulfonamides is 1. The highest BCUT2D eigenvalue weighted by Crippen LogP contribution is 2.39. The summed E-state index contributed by atoms with van der Waals surface area (Å²) in [7, 11) is -3.52. The Bertz CT molecular complexity index is 877. The van der Waals surface area contributed by atoms with Gasteiger partial charge in [-0.25, -0.2) is 8.42 Å². The molecule has 1 atom stereocenters. The van der Waals surface area contributed by atoms with Crippen LogP contribution in [0.25, 0.3) is 0 Å². The molecular formula is C17H17NO5S. The minimum atomic E-state index is -3.52. The topological polar surface area (TPSA) is 81.7 Å². The molecule has 0 aliphatic carbocycles. The van der Waals surface area contributed by atoms with Gasteiger partial charge in [0.05, 0.1) is 17.5 Å². The fourth-order valence-electron chi connectivity index (χ4n) is 2.48. The first kappa shape index (κ1) is 16.3. The van der Waals surface area contributed by atoms with Gasteiger partial charge in [0.25, 0.3) is 0 Å². The number of hydrogen-bond donors (Lipinski definition) is 1. The molecule has 0 bridgehead atoms. The zero-order valence-electron chi connectivity index (χ0n) is 13.3. The molecule has 0 saturated carbocycles. The number of anilines is 1. The summed E-state index contributed by atoms with van der Waals surface area (Å²) in [5.74, 6) is 1.07. The van der Waals surface area contributed by atoms with Crippen molar-refractivity contribution in [1.29, 1.82) is 0 Å². The van der Waals surface area contributed by atoms with Gasteiger partial charge in [0.2, 0.25) is 10.0 Å². The third-order valence-electron chi connectivity index (χ3n) is 3.45. The summed E-state index contributed by atoms with van der Waals surface area (Å²) >= 11 is 0. The number of rotatable bonds is 4. The second-order valence-corrected chi connectivity index (χ2v) is 7.44. The maximum absolute atomic E-state index is 12.2. The van der Waals surface area contributed by atoms with Crippen molar-refractivity contribution in [1.82, 2.24) is 0 Å². The minimum Gasteiger partial charge on any atom is -0.489 e. The predicted octanol–water partition coefficient (Wildman–Crippen LogP) is 3.20. The molecule has 6 nitrogen and oxygen atoms in total. The highest BCUT2D eigenvalue weighted by molar-refractivity contribution is 7.92. The van der Waals surface area contributed by atoms with E-state index in [-0.39, 0.29) is 29.7 Å². The summed E-state index contributed by atoms with van der Waals surface area (Å²) in [6.07, 6.45) is 1.07. The van der Waals surface area contributed by atoms with E-state index in [1.54, 1.807) is 31.2 Å². The molecule has 1 aliphatic rings. The smallest absolute Gasteiger partial charge is 0.229 e. The maximum Gasteiger partial charge on any atom is 0.229 e. The van der Waals surface area contributed by atoms with Crippen LogP contribution >= 0.6 is 0 Å². The van der Waals surface area contributed by atoms with E-state index < -0.39 is 10.0 Å². The molecule has 0 amide bonds. The summed E-state index contributed by atoms with van der Waals surface area (Å²) in [5, 5.41) is 0. The number of Topliss-reactive ketones (excluding diaryl/α,β-unsaturated/α-hetero) is 1. The molecule has 0 spiro atoms. The van der Waals surface area contributed by atoms with Gasteiger partial charge in [-0.1, -0.05) is 18.2 Å². The van der Waals surface area contributed by atoms with E-state index >= 15 is 0 Å². The van der Waals surface area contributed by atoms with Crippen LogP contribution in [0.3, 0.4) is 0 Å². The molecular weight excluding hydrogens is 330 g/mol. The SMILES string of the molecule is CC1CC(=O)c2cc(Oc3ccccc3)c(NS(C)(=O)=O)cc2O1. The van der Waals surface area contributed by atoms with Crippen LogP contribution in [0.1, 0.15) is 23.7 Å². The number of benzene rings is 2. The lowest BCUT2D eigenvalue weighted by molar-refractivity contribution is 0.0870. The normalized spacial score (nSPS) is 16.9. The second-order valence-electron chi connectivity index (χ2n) is 5.69. The van der Waals surface area contributed by atoms with Gasteiger partial charge in [0.1, 0.15) is 17.6 Å². The monoisotopic (exact) mass is 347 g/mol. The summed E-state index contributed by atoms with van der Waals surface area (Å²) in [6.45, 7) is 1.79. The van der Waals surface area contributed by atoms with Crippen molar-refractivity contribution >= 4 is 21.5 Å². The third-order valence-corrected chi connectivity index (χ3v) is 4.04. The average Bonchev–Trinajstić information content (AvgIpc) is 2.48. The highest BCUT2D eigenvalue weighted by Gasteiger charge is 2.26. The Hall–Kier alpha value is -2.54. The van der Waals surface area contributed by atoms with Crippen molar-refractivity contribution in [2.75, 3.05) is 11.0 Å². The van der Waals surface area contributed by atoms with Crippen LogP contribution < -0.4 is 14.2 Å². The Morgan fingerprint density at radius 1 is 1.21 bits per heavy atom. The summed E-state index contributed by atoms with van der Waals surface area (Å²) in [6, 6.07) is 11.9. The number of fused-ring (bicyclic) bond motifs is 1. The van der Waals surface area contributed by atoms with E-state index in [9.17, 15) is 13.2 Å². The number of hydrogen-bond acceptors (Lipinski definition) is 5. The molecule has 7 heteroatoms. The van der Waals surface area contributed by atoms with Gasteiger partial charge in [-0.05, 0) is 25.1 Å². The fraction of sp³-hybridized carbons (Fsp3) is 0.235. The molecule has 0 saturated heterocycles. The molecule has 126 valence electrons. The van der Waals surface area contributed by atoms with E-state index in [1.807, 2.05) is 6.07 Å². The molecule has 2 aromatic rings. The van der Waals surface area contributed by atoms with E-state index in [0.717, 1.165) is 6.26 Å². The zero-order chi connectivity index (χ0) is 17.3. The summed E-state index contributed by atoms with van der Waals surface area (Å²) in [5.41, 5.74) is 0.611. The van der Waals surface area contributed by atoms with Gasteiger partial charge in [-0.15, -0.1) is 0 Å². The van der Waals surface area contributed by atoms with Crippen molar-refractivity contribution in [2.24, 2.45) is 0 Å². The first-order valence-corrected chi connectivity index (χ1v) is 9.29. The van der Waals surface area contributed by atoms with E-state index in [2.05, 4.69) is 4.72 Å². The Morgan fingerprint density at radius 2 is 1.92 bits per heavy atom. The van der Waals surface area contributed by atoms with E-state index in [1.165, 1.54) is 12.1 Å². The van der Waals surface area contributed by atoms with Gasteiger partial charge >= 0.3 is 0 Å². The van der Waals surface area contributed by atoms with Gasteiger partial charge in [-0.3, -0.25) is 9.52 Å². The molecule has 1 N–H and O–H groups in total. The number of para-hydroxylation sites is 1. The molecule has 0 fully saturated rings. The van der Waals surface area contributed by atoms with Crippen molar-refractivity contribution in [2.45, 2.75) is 19.4 Å². The maximum atomic E-state index is 12.2. The molecule has 0 aromatic heterocycles. The Balaban J connectivity index is 2.07. The van der Waals surface area contributed by atoms with E-state index in [0.29, 0.717) is 17.1 Å². The average molecular weight is 347 g/mol. The molecule has 0 radical (unpaired) electrons.